The summed E-state index contributed by atoms with van der Waals surface area (Å²) in [5.41, 5.74) is 0. The van der Waals surface area contributed by atoms with Crippen LogP contribution in [0.4, 0.5) is 0 Å². The molecule has 31 nitrogen and oxygen atoms in total. The molecule has 0 saturated carbocycles. The van der Waals surface area contributed by atoms with E-state index in [4.69, 9.17) is 14.2 Å². The molecule has 0 aromatic heterocycles. The second-order valence-electron chi connectivity index (χ2n) is 26.5. The fourth-order valence-corrected chi connectivity index (χ4v) is 8.06. The Hall–Kier alpha value is -5.87. The van der Waals surface area contributed by atoms with Crippen LogP contribution < -0.4 is 0 Å². The quantitative estimate of drug-likeness (QED) is 0.0415. The number of hydrogen-bond acceptors (Lipinski definition) is 31. The van der Waals surface area contributed by atoms with Gasteiger partial charge in [0.1, 0.15) is 18.2 Å². The summed E-state index contributed by atoms with van der Waals surface area (Å²) >= 11 is 0. The van der Waals surface area contributed by atoms with Crippen molar-refractivity contribution in [1.82, 2.24) is 53.9 Å². The lowest BCUT2D eigenvalue weighted by Gasteiger charge is -2.19. The number of ether oxygens (including phenoxy) is 9. The van der Waals surface area contributed by atoms with Crippen molar-refractivity contribution >= 4 is 65.3 Å². The summed E-state index contributed by atoms with van der Waals surface area (Å²) in [7, 11) is 28.3. The van der Waals surface area contributed by atoms with Gasteiger partial charge in [0.15, 0.2) is 0 Å². The molecule has 0 fully saturated rings. The standard InChI is InChI=1S/C11H23NO2.C9H19NO2.C9H19NO.C8H17NO.3C7H15NO2.3C6H13NO2.C5H11NO2/c1-4-8-12(9-5-2)10-7-11(13)14-6-3;1-4-10(5-2)8-7-9(11)12-6-3;1-4-10(5-2)8-6-7-9(3)11;1-4-9(5-2)7-6-8(3)10;1-6(5-8(2)3)7(9)10-4;1-4-10-7(9)5-6-8(2)3;1-4-8(5-2)6-7(9)10-3;1-7(2)5-4-6(8)9-3;1-6(8)9-5-4-7(2)3;1-4-9-6(8)5-7(2)3;1-6(2)4-5(7)8-3/h4-10H2,1-3H3;4-8H2,1-3H3;4-8H2,1-3H3;4-7H2,1-3H3;6H,5H2,1-4H3;2*4-6H2,1-3H3;3*4-5H2,1-3H3;4H2,1-3H3. The highest BCUT2D eigenvalue weighted by atomic mass is 16.6. The molecule has 0 bridgehead atoms. The maximum absolute atomic E-state index is 11.1. The predicted octanol–water partition coefficient (Wildman–Crippen LogP) is 7.76. The largest absolute Gasteiger partial charge is 0.469 e. The normalized spacial score (nSPS) is 10.4. The van der Waals surface area contributed by atoms with Crippen LogP contribution in [0.5, 0.6) is 0 Å². The minimum atomic E-state index is -0.211. The zero-order chi connectivity index (χ0) is 89.4. The lowest BCUT2D eigenvalue weighted by Crippen LogP contribution is -2.29. The number of esters is 9. The monoisotopic (exact) mass is 1620 g/mol. The van der Waals surface area contributed by atoms with E-state index in [1.54, 1.807) is 30.6 Å². The number of likely N-dealkylation sites (N-methyl/N-ethyl adjacent to an activating group) is 4. The molecule has 0 N–H and O–H groups in total. The molecule has 0 aliphatic rings. The second-order valence-corrected chi connectivity index (χ2v) is 26.5. The van der Waals surface area contributed by atoms with Crippen LogP contribution in [0.25, 0.3) is 0 Å². The minimum Gasteiger partial charge on any atom is -0.469 e. The molecular weight excluding hydrogens is 1450 g/mol. The van der Waals surface area contributed by atoms with Crippen molar-refractivity contribution in [2.45, 2.75) is 182 Å². The van der Waals surface area contributed by atoms with Crippen molar-refractivity contribution in [3.05, 3.63) is 0 Å². The molecule has 0 aromatic rings. The Balaban J connectivity index is -0.000000112. The van der Waals surface area contributed by atoms with E-state index >= 15 is 0 Å². The number of carbonyl (C=O) groups is 11. The maximum atomic E-state index is 11.1. The number of Topliss-reactive ketones (excluding diaryl/α,β-unsaturated/α-hetero) is 2. The molecule has 0 rings (SSSR count). The molecule has 0 aliphatic heterocycles. The molecule has 0 amide bonds. The van der Waals surface area contributed by atoms with Gasteiger partial charge in [0, 0.05) is 65.6 Å². The number of nitrogens with zero attached hydrogens (tertiary/aromatic N) is 11. The van der Waals surface area contributed by atoms with Crippen molar-refractivity contribution in [3.63, 3.8) is 0 Å². The molecule has 0 saturated heterocycles. The van der Waals surface area contributed by atoms with Crippen LogP contribution in [-0.4, -0.2) is 403 Å². The van der Waals surface area contributed by atoms with Gasteiger partial charge in [-0.1, -0.05) is 76.2 Å². The highest BCUT2D eigenvalue weighted by Crippen LogP contribution is 2.01. The number of ketones is 2. The van der Waals surface area contributed by atoms with E-state index in [9.17, 15) is 52.7 Å². The summed E-state index contributed by atoms with van der Waals surface area (Å²) in [4.78, 5) is 139. The van der Waals surface area contributed by atoms with Crippen LogP contribution in [0.15, 0.2) is 0 Å². The van der Waals surface area contributed by atoms with Crippen molar-refractivity contribution < 1.29 is 95.4 Å². The van der Waals surface area contributed by atoms with Crippen LogP contribution in [-0.2, 0) is 95.4 Å². The molecule has 1 unspecified atom stereocenters. The summed E-state index contributed by atoms with van der Waals surface area (Å²) in [6.45, 7) is 55.3. The number of methoxy groups -OCH3 is 4. The lowest BCUT2D eigenvalue weighted by atomic mass is 10.2. The maximum Gasteiger partial charge on any atom is 0.320 e. The first-order chi connectivity index (χ1) is 52.5. The van der Waals surface area contributed by atoms with E-state index in [2.05, 4.69) is 103 Å². The fourth-order valence-electron chi connectivity index (χ4n) is 8.06. The third kappa shape index (κ3) is 128. The molecule has 0 heterocycles. The number of carbonyl (C=O) groups excluding carboxylic acids is 11. The Bertz CT molecular complexity index is 2140. The van der Waals surface area contributed by atoms with Crippen molar-refractivity contribution in [3.8, 4) is 0 Å². The van der Waals surface area contributed by atoms with Gasteiger partial charge in [0.05, 0.1) is 106 Å². The number of hydrogen-bond donors (Lipinski definition) is 0. The van der Waals surface area contributed by atoms with Gasteiger partial charge in [-0.25, -0.2) is 0 Å². The van der Waals surface area contributed by atoms with E-state index in [1.807, 2.05) is 151 Å². The molecule has 0 aromatic carbocycles. The average Bonchev–Trinajstić information content (AvgIpc) is 0.980. The van der Waals surface area contributed by atoms with Gasteiger partial charge in [-0.2, -0.15) is 0 Å². The summed E-state index contributed by atoms with van der Waals surface area (Å²) in [6, 6.07) is 0. The van der Waals surface area contributed by atoms with Crippen LogP contribution >= 0.6 is 0 Å². The van der Waals surface area contributed by atoms with E-state index in [-0.39, 0.29) is 65.4 Å². The Labute approximate surface area is 683 Å². The fraction of sp³-hybridized carbons (Fsp3) is 0.864. The first-order valence-corrected chi connectivity index (χ1v) is 40.0. The molecule has 112 heavy (non-hydrogen) atoms. The average molecular weight is 1620 g/mol. The number of rotatable bonds is 47. The molecule has 31 heteroatoms. The van der Waals surface area contributed by atoms with Gasteiger partial charge in [0.2, 0.25) is 0 Å². The highest BCUT2D eigenvalue weighted by Gasteiger charge is 2.14. The lowest BCUT2D eigenvalue weighted by molar-refractivity contribution is -0.145. The Morgan fingerprint density at radius 2 is 0.580 bits per heavy atom. The summed E-state index contributed by atoms with van der Waals surface area (Å²) in [5, 5.41) is 0. The van der Waals surface area contributed by atoms with Gasteiger partial charge < -0.3 is 86.6 Å². The van der Waals surface area contributed by atoms with Gasteiger partial charge in [-0.15, -0.1) is 0 Å². The summed E-state index contributed by atoms with van der Waals surface area (Å²) in [6.07, 6.45) is 6.72. The van der Waals surface area contributed by atoms with E-state index in [1.165, 1.54) is 35.4 Å². The third-order valence-electron chi connectivity index (χ3n) is 14.5. The van der Waals surface area contributed by atoms with E-state index < -0.39 is 0 Å². The van der Waals surface area contributed by atoms with Gasteiger partial charge in [-0.3, -0.25) is 62.6 Å². The van der Waals surface area contributed by atoms with E-state index in [0.29, 0.717) is 90.6 Å². The van der Waals surface area contributed by atoms with Crippen LogP contribution in [0.2, 0.25) is 0 Å². The van der Waals surface area contributed by atoms with Gasteiger partial charge >= 0.3 is 53.7 Å². The molecule has 0 aliphatic carbocycles. The van der Waals surface area contributed by atoms with Crippen molar-refractivity contribution in [1.29, 1.82) is 0 Å². The van der Waals surface area contributed by atoms with Crippen LogP contribution in [0.3, 0.4) is 0 Å². The van der Waals surface area contributed by atoms with Gasteiger partial charge in [0.25, 0.3) is 0 Å². The zero-order valence-corrected chi connectivity index (χ0v) is 77.9. The Morgan fingerprint density at radius 1 is 0.277 bits per heavy atom. The van der Waals surface area contributed by atoms with Gasteiger partial charge in [-0.05, 0) is 217 Å². The molecule has 1 atom stereocenters. The second kappa shape index (κ2) is 99.3. The zero-order valence-electron chi connectivity index (χ0n) is 77.9. The third-order valence-corrected chi connectivity index (χ3v) is 14.5. The smallest absolute Gasteiger partial charge is 0.320 e. The van der Waals surface area contributed by atoms with Crippen LogP contribution in [0, 0.1) is 5.92 Å². The summed E-state index contributed by atoms with van der Waals surface area (Å²) in [5.74, 6) is -0.759. The van der Waals surface area contributed by atoms with Crippen molar-refractivity contribution in [2.24, 2.45) is 5.92 Å². The molecular formula is C81H173N11O20. The highest BCUT2D eigenvalue weighted by molar-refractivity contribution is 5.76. The van der Waals surface area contributed by atoms with E-state index in [0.717, 1.165) is 143 Å². The van der Waals surface area contributed by atoms with Crippen molar-refractivity contribution in [2.75, 3.05) is 283 Å². The first-order valence-electron chi connectivity index (χ1n) is 40.0. The summed E-state index contributed by atoms with van der Waals surface area (Å²) < 4.78 is 41.6. The molecule has 672 valence electrons. The Morgan fingerprint density at radius 3 is 0.857 bits per heavy atom. The SMILES string of the molecule is CC(=O)OCCN(C)C.CCCN(CCC)CCC(=O)OCC.CCN(CC)CC(=O)OC.CCN(CC)CCC(C)=O.CCN(CC)CCCC(C)=O.CCOC(=O)CCN(C)C.CCOC(=O)CCN(CC)CC.CCOC(=O)CN(C)C.COC(=O)C(C)CN(C)C.COC(=O)CCN(C)C.COC(=O)CN(C)C. The first kappa shape index (κ1) is 130. The predicted molar refractivity (Wildman–Crippen MR) is 454 cm³/mol. The Kier molecular flexibility index (Phi) is 115. The molecule has 0 radical (unpaired) electrons. The molecule has 0 spiro atoms. The topological polar surface area (TPSA) is 306 Å². The minimum absolute atomic E-state index is 0.0278. The van der Waals surface area contributed by atoms with Crippen LogP contribution in [0.1, 0.15) is 182 Å².